The molecule has 1 aromatic rings. The molecule has 0 aliphatic carbocycles. The highest BCUT2D eigenvalue weighted by molar-refractivity contribution is 5.94. The van der Waals surface area contributed by atoms with Gasteiger partial charge in [0.25, 0.3) is 5.91 Å². The fraction of sp³-hybridized carbons (Fsp3) is 0.417. The lowest BCUT2D eigenvalue weighted by molar-refractivity contribution is 0.0953. The molecule has 18 heavy (non-hydrogen) atoms. The first kappa shape index (κ1) is 16.8. The van der Waals surface area contributed by atoms with Gasteiger partial charge in [-0.15, -0.1) is 12.4 Å². The van der Waals surface area contributed by atoms with Crippen molar-refractivity contribution in [3.8, 4) is 0 Å². The van der Waals surface area contributed by atoms with Crippen molar-refractivity contribution in [2.45, 2.75) is 13.3 Å². The standard InChI is InChI=1S/C12H16F2N2O.ClH/c1-2-3-15-4-5-16-12(17)9-6-10(13)8-11(14)7-9;/h6-8,15H,2-5H2,1H3,(H,16,17);1H. The Kier molecular flexibility index (Phi) is 8.24. The lowest BCUT2D eigenvalue weighted by Crippen LogP contribution is -2.32. The van der Waals surface area contributed by atoms with E-state index < -0.39 is 17.5 Å². The molecular formula is C12H17ClF2N2O. The van der Waals surface area contributed by atoms with Crippen LogP contribution in [0.15, 0.2) is 18.2 Å². The van der Waals surface area contributed by atoms with Crippen LogP contribution in [0.4, 0.5) is 8.78 Å². The zero-order chi connectivity index (χ0) is 12.7. The van der Waals surface area contributed by atoms with Crippen LogP contribution in [0.3, 0.4) is 0 Å². The van der Waals surface area contributed by atoms with Gasteiger partial charge in [-0.05, 0) is 25.1 Å². The Labute approximate surface area is 111 Å². The van der Waals surface area contributed by atoms with Gasteiger partial charge in [-0.3, -0.25) is 4.79 Å². The van der Waals surface area contributed by atoms with Crippen LogP contribution in [-0.2, 0) is 0 Å². The SMILES string of the molecule is CCCNCCNC(=O)c1cc(F)cc(F)c1.Cl. The summed E-state index contributed by atoms with van der Waals surface area (Å²) in [4.78, 5) is 11.5. The molecule has 0 radical (unpaired) electrons. The molecule has 2 N–H and O–H groups in total. The molecule has 0 bridgehead atoms. The van der Waals surface area contributed by atoms with E-state index in [2.05, 4.69) is 10.6 Å². The van der Waals surface area contributed by atoms with E-state index >= 15 is 0 Å². The van der Waals surface area contributed by atoms with E-state index in [0.717, 1.165) is 31.2 Å². The topological polar surface area (TPSA) is 41.1 Å². The molecule has 1 aromatic carbocycles. The predicted molar refractivity (Wildman–Crippen MR) is 69.1 cm³/mol. The molecule has 0 aliphatic heterocycles. The molecule has 1 amide bonds. The van der Waals surface area contributed by atoms with Crippen molar-refractivity contribution >= 4 is 18.3 Å². The summed E-state index contributed by atoms with van der Waals surface area (Å²) < 4.78 is 25.7. The number of benzene rings is 1. The van der Waals surface area contributed by atoms with Gasteiger partial charge in [-0.2, -0.15) is 0 Å². The second-order valence-corrected chi connectivity index (χ2v) is 3.66. The van der Waals surface area contributed by atoms with Gasteiger partial charge in [0.15, 0.2) is 0 Å². The first-order valence-corrected chi connectivity index (χ1v) is 5.58. The van der Waals surface area contributed by atoms with Crippen molar-refractivity contribution in [2.24, 2.45) is 0 Å². The smallest absolute Gasteiger partial charge is 0.251 e. The summed E-state index contributed by atoms with van der Waals surface area (Å²) in [6.45, 7) is 3.99. The van der Waals surface area contributed by atoms with Gasteiger partial charge in [-0.25, -0.2) is 8.78 Å². The quantitative estimate of drug-likeness (QED) is 0.783. The molecular weight excluding hydrogens is 262 g/mol. The lowest BCUT2D eigenvalue weighted by Gasteiger charge is -2.06. The summed E-state index contributed by atoms with van der Waals surface area (Å²) in [5.41, 5.74) is -0.00186. The van der Waals surface area contributed by atoms with Gasteiger partial charge >= 0.3 is 0 Å². The molecule has 0 atom stereocenters. The third-order valence-corrected chi connectivity index (χ3v) is 2.14. The summed E-state index contributed by atoms with van der Waals surface area (Å²) in [6, 6.07) is 2.76. The number of hydrogen-bond donors (Lipinski definition) is 2. The molecule has 0 aromatic heterocycles. The Hall–Kier alpha value is -1.20. The van der Waals surface area contributed by atoms with E-state index in [4.69, 9.17) is 0 Å². The zero-order valence-electron chi connectivity index (χ0n) is 10.1. The highest BCUT2D eigenvalue weighted by atomic mass is 35.5. The summed E-state index contributed by atoms with van der Waals surface area (Å²) in [5.74, 6) is -1.97. The van der Waals surface area contributed by atoms with Crippen molar-refractivity contribution in [1.82, 2.24) is 10.6 Å². The van der Waals surface area contributed by atoms with Gasteiger partial charge in [0, 0.05) is 24.7 Å². The van der Waals surface area contributed by atoms with Crippen molar-refractivity contribution in [3.63, 3.8) is 0 Å². The predicted octanol–water partition coefficient (Wildman–Crippen LogP) is 2.12. The Morgan fingerprint density at radius 3 is 2.28 bits per heavy atom. The summed E-state index contributed by atoms with van der Waals surface area (Å²) in [5, 5.41) is 5.68. The van der Waals surface area contributed by atoms with Crippen molar-refractivity contribution < 1.29 is 13.6 Å². The number of hydrogen-bond acceptors (Lipinski definition) is 2. The molecule has 0 unspecified atom stereocenters. The largest absolute Gasteiger partial charge is 0.351 e. The molecule has 1 rings (SSSR count). The van der Waals surface area contributed by atoms with E-state index in [0.29, 0.717) is 13.1 Å². The molecule has 6 heteroatoms. The molecule has 0 saturated carbocycles. The molecule has 0 fully saturated rings. The van der Waals surface area contributed by atoms with Gasteiger partial charge < -0.3 is 10.6 Å². The van der Waals surface area contributed by atoms with Crippen LogP contribution < -0.4 is 10.6 Å². The maximum Gasteiger partial charge on any atom is 0.251 e. The molecule has 0 aliphatic rings. The van der Waals surface area contributed by atoms with Crippen LogP contribution in [0.5, 0.6) is 0 Å². The van der Waals surface area contributed by atoms with E-state index in [1.165, 1.54) is 0 Å². The Balaban J connectivity index is 0.00000289. The zero-order valence-corrected chi connectivity index (χ0v) is 10.9. The number of carbonyl (C=O) groups excluding carboxylic acids is 1. The van der Waals surface area contributed by atoms with E-state index in [1.54, 1.807) is 0 Å². The number of nitrogens with one attached hydrogen (secondary N) is 2. The number of halogens is 3. The maximum atomic E-state index is 12.8. The number of rotatable bonds is 6. The molecule has 102 valence electrons. The Morgan fingerprint density at radius 1 is 1.11 bits per heavy atom. The highest BCUT2D eigenvalue weighted by Crippen LogP contribution is 2.07. The lowest BCUT2D eigenvalue weighted by atomic mass is 10.2. The monoisotopic (exact) mass is 278 g/mol. The fourth-order valence-electron chi connectivity index (χ4n) is 1.35. The third kappa shape index (κ3) is 5.93. The van der Waals surface area contributed by atoms with Crippen LogP contribution >= 0.6 is 12.4 Å². The van der Waals surface area contributed by atoms with Crippen molar-refractivity contribution in [3.05, 3.63) is 35.4 Å². The Morgan fingerprint density at radius 2 is 1.72 bits per heavy atom. The first-order valence-electron chi connectivity index (χ1n) is 5.58. The van der Waals surface area contributed by atoms with Crippen LogP contribution in [0.25, 0.3) is 0 Å². The molecule has 0 saturated heterocycles. The average Bonchev–Trinajstić information content (AvgIpc) is 2.27. The average molecular weight is 279 g/mol. The van der Waals surface area contributed by atoms with Crippen LogP contribution in [0.2, 0.25) is 0 Å². The second-order valence-electron chi connectivity index (χ2n) is 3.66. The summed E-state index contributed by atoms with van der Waals surface area (Å²) in [6.07, 6.45) is 1.02. The summed E-state index contributed by atoms with van der Waals surface area (Å²) in [7, 11) is 0. The molecule has 0 heterocycles. The third-order valence-electron chi connectivity index (χ3n) is 2.14. The maximum absolute atomic E-state index is 12.8. The minimum Gasteiger partial charge on any atom is -0.351 e. The van der Waals surface area contributed by atoms with Crippen LogP contribution in [0.1, 0.15) is 23.7 Å². The van der Waals surface area contributed by atoms with Crippen molar-refractivity contribution in [2.75, 3.05) is 19.6 Å². The highest BCUT2D eigenvalue weighted by Gasteiger charge is 2.08. The van der Waals surface area contributed by atoms with Gasteiger partial charge in [0.05, 0.1) is 0 Å². The van der Waals surface area contributed by atoms with Crippen molar-refractivity contribution in [1.29, 1.82) is 0 Å². The van der Waals surface area contributed by atoms with Crippen LogP contribution in [0, 0.1) is 11.6 Å². The van der Waals surface area contributed by atoms with Crippen LogP contribution in [-0.4, -0.2) is 25.5 Å². The normalized spacial score (nSPS) is 9.72. The van der Waals surface area contributed by atoms with E-state index in [9.17, 15) is 13.6 Å². The van der Waals surface area contributed by atoms with Gasteiger partial charge in [0.1, 0.15) is 11.6 Å². The van der Waals surface area contributed by atoms with E-state index in [-0.39, 0.29) is 18.0 Å². The molecule has 3 nitrogen and oxygen atoms in total. The minimum absolute atomic E-state index is 0. The van der Waals surface area contributed by atoms with Gasteiger partial charge in [0.2, 0.25) is 0 Å². The number of amides is 1. The van der Waals surface area contributed by atoms with Gasteiger partial charge in [-0.1, -0.05) is 6.92 Å². The minimum atomic E-state index is -0.751. The fourth-order valence-corrected chi connectivity index (χ4v) is 1.35. The Bertz CT molecular complexity index is 368. The number of carbonyl (C=O) groups is 1. The first-order chi connectivity index (χ1) is 8.13. The molecule has 0 spiro atoms. The second kappa shape index (κ2) is 8.83. The summed E-state index contributed by atoms with van der Waals surface area (Å²) >= 11 is 0. The van der Waals surface area contributed by atoms with E-state index in [1.807, 2.05) is 6.92 Å².